The van der Waals surface area contributed by atoms with E-state index < -0.39 is 10.0 Å². The van der Waals surface area contributed by atoms with Crippen molar-refractivity contribution in [3.8, 4) is 0 Å². The lowest BCUT2D eigenvalue weighted by Gasteiger charge is -2.34. The lowest BCUT2D eigenvalue weighted by Crippen LogP contribution is -2.48. The largest absolute Gasteiger partial charge is 0.344 e. The summed E-state index contributed by atoms with van der Waals surface area (Å²) < 4.78 is 32.2. The lowest BCUT2D eigenvalue weighted by molar-refractivity contribution is 0.262. The smallest absolute Gasteiger partial charge is 0.242 e. The summed E-state index contributed by atoms with van der Waals surface area (Å²) in [6, 6.07) is 14.6. The Kier molecular flexibility index (Phi) is 7.65. The highest BCUT2D eigenvalue weighted by Gasteiger charge is 2.22. The van der Waals surface area contributed by atoms with E-state index in [2.05, 4.69) is 31.0 Å². The molecule has 0 aliphatic carbocycles. The number of halogens is 2. The van der Waals surface area contributed by atoms with Gasteiger partial charge in [-0.2, -0.15) is 4.37 Å². The minimum absolute atomic E-state index is 0.000868. The Morgan fingerprint density at radius 2 is 1.78 bits per heavy atom. The van der Waals surface area contributed by atoms with Gasteiger partial charge in [-0.1, -0.05) is 53.5 Å². The molecule has 32 heavy (non-hydrogen) atoms. The summed E-state index contributed by atoms with van der Waals surface area (Å²) in [5.74, 6) is 0.840. The van der Waals surface area contributed by atoms with Crippen molar-refractivity contribution in [1.82, 2.24) is 19.0 Å². The number of hydrogen-bond donors (Lipinski definition) is 1. The highest BCUT2D eigenvalue weighted by Crippen LogP contribution is 2.25. The molecule has 1 aliphatic rings. The van der Waals surface area contributed by atoms with Crippen LogP contribution in [0, 0.1) is 0 Å². The Balaban J connectivity index is 1.24. The Labute approximate surface area is 202 Å². The fourth-order valence-corrected chi connectivity index (χ4v) is 6.00. The molecule has 1 aromatic heterocycles. The molecule has 2 heterocycles. The Bertz CT molecular complexity index is 1150. The van der Waals surface area contributed by atoms with E-state index in [1.807, 2.05) is 18.2 Å². The van der Waals surface area contributed by atoms with Gasteiger partial charge in [0, 0.05) is 62.2 Å². The minimum Gasteiger partial charge on any atom is -0.344 e. The van der Waals surface area contributed by atoms with E-state index in [1.165, 1.54) is 29.2 Å². The SMILES string of the molecule is O=S(=O)(NCCN1CCN(c2nc(Cc3ccccc3)ns2)CC1)c1cc(Cl)ccc1Cl. The summed E-state index contributed by atoms with van der Waals surface area (Å²) in [5, 5.41) is 1.42. The molecule has 7 nitrogen and oxygen atoms in total. The summed E-state index contributed by atoms with van der Waals surface area (Å²) in [5.41, 5.74) is 1.20. The zero-order valence-corrected chi connectivity index (χ0v) is 20.4. The molecule has 4 rings (SSSR count). The van der Waals surface area contributed by atoms with Gasteiger partial charge in [0.05, 0.1) is 5.02 Å². The van der Waals surface area contributed by atoms with Crippen LogP contribution in [-0.2, 0) is 16.4 Å². The predicted octanol–water partition coefficient (Wildman–Crippen LogP) is 3.54. The maximum atomic E-state index is 12.5. The van der Waals surface area contributed by atoms with Crippen molar-refractivity contribution < 1.29 is 8.42 Å². The molecule has 1 N–H and O–H groups in total. The molecule has 0 unspecified atom stereocenters. The van der Waals surface area contributed by atoms with Crippen molar-refractivity contribution in [2.24, 2.45) is 0 Å². The molecular formula is C21H23Cl2N5O2S2. The second-order valence-electron chi connectivity index (χ2n) is 7.46. The van der Waals surface area contributed by atoms with E-state index in [1.54, 1.807) is 6.07 Å². The standard InChI is InChI=1S/C21H23Cl2N5O2S2/c22-17-6-7-18(23)19(15-17)32(29,30)24-8-9-27-10-12-28(13-11-27)21-25-20(26-31-21)14-16-4-2-1-3-5-16/h1-7,15,24H,8-14H2. The molecule has 170 valence electrons. The fourth-order valence-electron chi connectivity index (χ4n) is 3.49. The van der Waals surface area contributed by atoms with Crippen LogP contribution in [0.4, 0.5) is 5.13 Å². The molecule has 3 aromatic rings. The van der Waals surface area contributed by atoms with E-state index in [4.69, 9.17) is 28.2 Å². The third kappa shape index (κ3) is 5.98. The maximum absolute atomic E-state index is 12.5. The zero-order chi connectivity index (χ0) is 22.6. The molecule has 11 heteroatoms. The molecule has 0 bridgehead atoms. The van der Waals surface area contributed by atoms with Gasteiger partial charge in [0.15, 0.2) is 0 Å². The average molecular weight is 512 g/mol. The van der Waals surface area contributed by atoms with E-state index >= 15 is 0 Å². The van der Waals surface area contributed by atoms with Gasteiger partial charge in [0.2, 0.25) is 15.2 Å². The number of piperazine rings is 1. The summed E-state index contributed by atoms with van der Waals surface area (Å²) in [4.78, 5) is 9.16. The van der Waals surface area contributed by atoms with Gasteiger partial charge in [0.25, 0.3) is 0 Å². The number of nitrogens with zero attached hydrogens (tertiary/aromatic N) is 4. The third-order valence-electron chi connectivity index (χ3n) is 5.21. The van der Waals surface area contributed by atoms with Crippen molar-refractivity contribution in [2.75, 3.05) is 44.2 Å². The molecule has 0 saturated carbocycles. The molecule has 1 aliphatic heterocycles. The van der Waals surface area contributed by atoms with Gasteiger partial charge < -0.3 is 4.90 Å². The van der Waals surface area contributed by atoms with Gasteiger partial charge in [-0.25, -0.2) is 18.1 Å². The first-order valence-corrected chi connectivity index (χ1v) is 13.2. The highest BCUT2D eigenvalue weighted by atomic mass is 35.5. The van der Waals surface area contributed by atoms with Crippen molar-refractivity contribution in [3.63, 3.8) is 0 Å². The maximum Gasteiger partial charge on any atom is 0.242 e. The number of benzene rings is 2. The Morgan fingerprint density at radius 1 is 1.03 bits per heavy atom. The predicted molar refractivity (Wildman–Crippen MR) is 129 cm³/mol. The van der Waals surface area contributed by atoms with E-state index in [0.29, 0.717) is 18.1 Å². The van der Waals surface area contributed by atoms with Crippen LogP contribution < -0.4 is 9.62 Å². The van der Waals surface area contributed by atoms with Crippen LogP contribution in [0.5, 0.6) is 0 Å². The first kappa shape index (κ1) is 23.4. The van der Waals surface area contributed by atoms with Crippen molar-refractivity contribution in [1.29, 1.82) is 0 Å². The number of sulfonamides is 1. The van der Waals surface area contributed by atoms with Crippen molar-refractivity contribution in [3.05, 3.63) is 70.0 Å². The summed E-state index contributed by atoms with van der Waals surface area (Å²) >= 11 is 13.4. The second kappa shape index (κ2) is 10.5. The van der Waals surface area contributed by atoms with Gasteiger partial charge in [-0.3, -0.25) is 4.90 Å². The normalized spacial score (nSPS) is 15.2. The first-order valence-electron chi connectivity index (χ1n) is 10.2. The molecule has 1 fully saturated rings. The molecule has 2 aromatic carbocycles. The van der Waals surface area contributed by atoms with Crippen LogP contribution in [0.1, 0.15) is 11.4 Å². The van der Waals surface area contributed by atoms with Crippen LogP contribution in [0.15, 0.2) is 53.4 Å². The summed E-state index contributed by atoms with van der Waals surface area (Å²) in [6.07, 6.45) is 0.730. The van der Waals surface area contributed by atoms with Crippen molar-refractivity contribution >= 4 is 49.9 Å². The number of aromatic nitrogens is 2. The lowest BCUT2D eigenvalue weighted by atomic mass is 10.1. The monoisotopic (exact) mass is 511 g/mol. The zero-order valence-electron chi connectivity index (χ0n) is 17.2. The van der Waals surface area contributed by atoms with Gasteiger partial charge in [-0.15, -0.1) is 0 Å². The van der Waals surface area contributed by atoms with Crippen LogP contribution in [0.2, 0.25) is 10.0 Å². The summed E-state index contributed by atoms with van der Waals surface area (Å²) in [6.45, 7) is 4.21. The van der Waals surface area contributed by atoms with Crippen LogP contribution in [0.3, 0.4) is 0 Å². The van der Waals surface area contributed by atoms with Crippen molar-refractivity contribution in [2.45, 2.75) is 11.3 Å². The van der Waals surface area contributed by atoms with Gasteiger partial charge in [0.1, 0.15) is 10.7 Å². The van der Waals surface area contributed by atoms with E-state index in [-0.39, 0.29) is 9.92 Å². The topological polar surface area (TPSA) is 78.4 Å². The molecular weight excluding hydrogens is 489 g/mol. The number of rotatable bonds is 8. The highest BCUT2D eigenvalue weighted by molar-refractivity contribution is 7.89. The Morgan fingerprint density at radius 3 is 2.53 bits per heavy atom. The second-order valence-corrected chi connectivity index (χ2v) is 10.8. The van der Waals surface area contributed by atoms with Crippen LogP contribution in [0.25, 0.3) is 0 Å². The summed E-state index contributed by atoms with van der Waals surface area (Å²) in [7, 11) is -3.71. The average Bonchev–Trinajstić information content (AvgIpc) is 3.25. The molecule has 0 amide bonds. The molecule has 1 saturated heterocycles. The number of hydrogen-bond acceptors (Lipinski definition) is 7. The molecule has 0 spiro atoms. The molecule has 0 atom stereocenters. The number of anilines is 1. The molecule has 0 radical (unpaired) electrons. The van der Waals surface area contributed by atoms with Crippen LogP contribution in [-0.4, -0.2) is 61.9 Å². The first-order chi connectivity index (χ1) is 15.4. The third-order valence-corrected chi connectivity index (χ3v) is 8.20. The minimum atomic E-state index is -3.71. The van der Waals surface area contributed by atoms with E-state index in [0.717, 1.165) is 43.6 Å². The van der Waals surface area contributed by atoms with Crippen LogP contribution >= 0.6 is 34.7 Å². The fraction of sp³-hybridized carbons (Fsp3) is 0.333. The van der Waals surface area contributed by atoms with E-state index in [9.17, 15) is 8.42 Å². The number of nitrogens with one attached hydrogen (secondary N) is 1. The quantitative estimate of drug-likeness (QED) is 0.498. The Hall–Kier alpha value is -1.75. The van der Waals surface area contributed by atoms with Gasteiger partial charge in [-0.05, 0) is 23.8 Å². The van der Waals surface area contributed by atoms with Gasteiger partial charge >= 0.3 is 0 Å².